The Morgan fingerprint density at radius 2 is 1.58 bits per heavy atom. The smallest absolute Gasteiger partial charge is 0.0121 e. The van der Waals surface area contributed by atoms with Gasteiger partial charge in [-0.15, -0.1) is 0 Å². The zero-order valence-corrected chi connectivity index (χ0v) is 8.26. The van der Waals surface area contributed by atoms with E-state index in [1.807, 2.05) is 0 Å². The molecule has 2 fully saturated rings. The molecule has 1 heterocycles. The van der Waals surface area contributed by atoms with Crippen molar-refractivity contribution in [2.75, 3.05) is 13.1 Å². The van der Waals surface area contributed by atoms with Crippen molar-refractivity contribution in [1.82, 2.24) is 4.90 Å². The Balaban J connectivity index is 1.91. The molecule has 0 aromatic heterocycles. The fraction of sp³-hybridized carbons (Fsp3) is 1.00. The van der Waals surface area contributed by atoms with Crippen molar-refractivity contribution in [3.63, 3.8) is 0 Å². The molecule has 70 valence electrons. The van der Waals surface area contributed by atoms with Gasteiger partial charge in [0, 0.05) is 6.04 Å². The van der Waals surface area contributed by atoms with Gasteiger partial charge in [0.25, 0.3) is 0 Å². The average molecular weight is 167 g/mol. The minimum atomic E-state index is 0.946. The Morgan fingerprint density at radius 1 is 0.917 bits per heavy atom. The first-order valence-corrected chi connectivity index (χ1v) is 5.62. The summed E-state index contributed by atoms with van der Waals surface area (Å²) in [7, 11) is 0. The third kappa shape index (κ3) is 1.66. The zero-order valence-electron chi connectivity index (χ0n) is 8.26. The summed E-state index contributed by atoms with van der Waals surface area (Å²) in [5, 5.41) is 0. The Labute approximate surface area is 76.1 Å². The molecular weight excluding hydrogens is 146 g/mol. The van der Waals surface area contributed by atoms with Crippen LogP contribution in [-0.2, 0) is 0 Å². The van der Waals surface area contributed by atoms with Crippen LogP contribution in [0.3, 0.4) is 0 Å². The van der Waals surface area contributed by atoms with Crippen LogP contribution in [0.2, 0.25) is 0 Å². The van der Waals surface area contributed by atoms with E-state index >= 15 is 0 Å². The first-order chi connectivity index (χ1) is 5.88. The molecule has 1 nitrogen and oxygen atoms in total. The van der Waals surface area contributed by atoms with Crippen LogP contribution in [0.1, 0.15) is 45.4 Å². The normalized spacial score (nSPS) is 38.8. The molecule has 0 radical (unpaired) electrons. The van der Waals surface area contributed by atoms with E-state index in [0.29, 0.717) is 0 Å². The summed E-state index contributed by atoms with van der Waals surface area (Å²) in [5.41, 5.74) is 0. The number of nitrogens with zero attached hydrogens (tertiary/aromatic N) is 1. The summed E-state index contributed by atoms with van der Waals surface area (Å²) in [6.45, 7) is 5.21. The van der Waals surface area contributed by atoms with E-state index in [1.54, 1.807) is 0 Å². The summed E-state index contributed by atoms with van der Waals surface area (Å²) in [6, 6.07) is 0.946. The lowest BCUT2D eigenvalue weighted by Crippen LogP contribution is -2.39. The molecule has 0 unspecified atom stereocenters. The molecule has 0 amide bonds. The number of hydrogen-bond acceptors (Lipinski definition) is 1. The largest absolute Gasteiger partial charge is 0.300 e. The van der Waals surface area contributed by atoms with E-state index in [9.17, 15) is 0 Å². The molecule has 0 N–H and O–H groups in total. The Kier molecular flexibility index (Phi) is 2.69. The Morgan fingerprint density at radius 3 is 2.25 bits per heavy atom. The molecule has 0 aromatic carbocycles. The molecule has 1 aliphatic carbocycles. The minimum Gasteiger partial charge on any atom is -0.300 e. The lowest BCUT2D eigenvalue weighted by molar-refractivity contribution is 0.138. The Hall–Kier alpha value is -0.0400. The maximum absolute atomic E-state index is 2.74. The molecule has 1 saturated carbocycles. The van der Waals surface area contributed by atoms with Gasteiger partial charge >= 0.3 is 0 Å². The molecule has 1 aliphatic heterocycles. The maximum atomic E-state index is 2.74. The Bertz CT molecular complexity index is 138. The highest BCUT2D eigenvalue weighted by molar-refractivity contribution is 4.83. The van der Waals surface area contributed by atoms with Crippen LogP contribution >= 0.6 is 0 Å². The van der Waals surface area contributed by atoms with Gasteiger partial charge in [0.05, 0.1) is 0 Å². The van der Waals surface area contributed by atoms with Gasteiger partial charge in [0.15, 0.2) is 0 Å². The van der Waals surface area contributed by atoms with E-state index in [1.165, 1.54) is 51.6 Å². The maximum Gasteiger partial charge on any atom is 0.0121 e. The molecule has 0 bridgehead atoms. The van der Waals surface area contributed by atoms with Crippen molar-refractivity contribution in [2.24, 2.45) is 5.92 Å². The highest BCUT2D eigenvalue weighted by Gasteiger charge is 2.28. The summed E-state index contributed by atoms with van der Waals surface area (Å²) in [4.78, 5) is 2.74. The van der Waals surface area contributed by atoms with Gasteiger partial charge in [-0.2, -0.15) is 0 Å². The molecular formula is C11H21N. The van der Waals surface area contributed by atoms with Gasteiger partial charge in [0.1, 0.15) is 0 Å². The second kappa shape index (κ2) is 3.78. The van der Waals surface area contributed by atoms with Crippen LogP contribution < -0.4 is 0 Å². The van der Waals surface area contributed by atoms with Crippen molar-refractivity contribution < 1.29 is 0 Å². The second-order valence-electron chi connectivity index (χ2n) is 4.57. The van der Waals surface area contributed by atoms with Gasteiger partial charge < -0.3 is 4.90 Å². The molecule has 0 aromatic rings. The highest BCUT2D eigenvalue weighted by atomic mass is 15.2. The third-order valence-corrected chi connectivity index (χ3v) is 3.68. The molecule has 2 rings (SSSR count). The number of rotatable bonds is 1. The van der Waals surface area contributed by atoms with Gasteiger partial charge in [-0.25, -0.2) is 0 Å². The molecule has 1 saturated heterocycles. The highest BCUT2D eigenvalue weighted by Crippen LogP contribution is 2.29. The van der Waals surface area contributed by atoms with Crippen molar-refractivity contribution >= 4 is 0 Å². The third-order valence-electron chi connectivity index (χ3n) is 3.68. The summed E-state index contributed by atoms with van der Waals surface area (Å²) >= 11 is 0. The van der Waals surface area contributed by atoms with E-state index in [2.05, 4.69) is 11.8 Å². The van der Waals surface area contributed by atoms with Crippen molar-refractivity contribution in [3.05, 3.63) is 0 Å². The predicted octanol–water partition coefficient (Wildman–Crippen LogP) is 2.66. The van der Waals surface area contributed by atoms with Crippen LogP contribution in [0.5, 0.6) is 0 Å². The summed E-state index contributed by atoms with van der Waals surface area (Å²) < 4.78 is 0. The lowest BCUT2D eigenvalue weighted by atomic mass is 9.85. The molecule has 2 aliphatic rings. The summed E-state index contributed by atoms with van der Waals surface area (Å²) in [5.74, 6) is 0.969. The first kappa shape index (κ1) is 8.55. The molecule has 1 heteroatoms. The first-order valence-electron chi connectivity index (χ1n) is 5.62. The van der Waals surface area contributed by atoms with Crippen LogP contribution in [0, 0.1) is 5.92 Å². The average Bonchev–Trinajstić information content (AvgIpc) is 2.57. The van der Waals surface area contributed by atoms with E-state index in [4.69, 9.17) is 0 Å². The SMILES string of the molecule is C[C@H]1CCCC[C@H]1N1CCCC1. The standard InChI is InChI=1S/C11H21N/c1-10-6-2-3-7-11(10)12-8-4-5-9-12/h10-11H,2-9H2,1H3/t10-,11+/m0/s1. The lowest BCUT2D eigenvalue weighted by Gasteiger charge is -2.36. The van der Waals surface area contributed by atoms with Crippen LogP contribution in [0.15, 0.2) is 0 Å². The van der Waals surface area contributed by atoms with Crippen LogP contribution in [0.4, 0.5) is 0 Å². The van der Waals surface area contributed by atoms with Gasteiger partial charge in [0.2, 0.25) is 0 Å². The molecule has 2 atom stereocenters. The van der Waals surface area contributed by atoms with Crippen LogP contribution in [0.25, 0.3) is 0 Å². The van der Waals surface area contributed by atoms with Crippen LogP contribution in [-0.4, -0.2) is 24.0 Å². The minimum absolute atomic E-state index is 0.946. The predicted molar refractivity (Wildman–Crippen MR) is 52.2 cm³/mol. The summed E-state index contributed by atoms with van der Waals surface area (Å²) in [6.07, 6.45) is 8.80. The fourth-order valence-electron chi connectivity index (χ4n) is 2.91. The van der Waals surface area contributed by atoms with E-state index in [0.717, 1.165) is 12.0 Å². The molecule has 0 spiro atoms. The zero-order chi connectivity index (χ0) is 8.39. The van der Waals surface area contributed by atoms with Crippen molar-refractivity contribution in [2.45, 2.75) is 51.5 Å². The topological polar surface area (TPSA) is 3.24 Å². The van der Waals surface area contributed by atoms with E-state index < -0.39 is 0 Å². The van der Waals surface area contributed by atoms with Gasteiger partial charge in [-0.1, -0.05) is 19.8 Å². The monoisotopic (exact) mass is 167 g/mol. The van der Waals surface area contributed by atoms with E-state index in [-0.39, 0.29) is 0 Å². The van der Waals surface area contributed by atoms with Crippen molar-refractivity contribution in [1.29, 1.82) is 0 Å². The van der Waals surface area contributed by atoms with Gasteiger partial charge in [-0.05, 0) is 44.7 Å². The fourth-order valence-corrected chi connectivity index (χ4v) is 2.91. The quantitative estimate of drug-likeness (QED) is 0.580. The van der Waals surface area contributed by atoms with Gasteiger partial charge in [-0.3, -0.25) is 0 Å². The number of hydrogen-bond donors (Lipinski definition) is 0. The number of likely N-dealkylation sites (tertiary alicyclic amines) is 1. The molecule has 12 heavy (non-hydrogen) atoms. The second-order valence-corrected chi connectivity index (χ2v) is 4.57. The van der Waals surface area contributed by atoms with Crippen molar-refractivity contribution in [3.8, 4) is 0 Å².